The lowest BCUT2D eigenvalue weighted by molar-refractivity contribution is -0.153. The Kier molecular flexibility index (Phi) is 10.3. The van der Waals surface area contributed by atoms with Gasteiger partial charge in [-0.05, 0) is 51.8 Å². The van der Waals surface area contributed by atoms with Crippen LogP contribution in [0.5, 0.6) is 0 Å². The number of carbonyl (C=O) groups is 1. The van der Waals surface area contributed by atoms with Gasteiger partial charge >= 0.3 is 5.97 Å². The number of hydrogen-bond donors (Lipinski definition) is 2. The van der Waals surface area contributed by atoms with E-state index in [0.29, 0.717) is 29.5 Å². The molecular formula is C18H30IN3O4S. The number of halogens is 1. The van der Waals surface area contributed by atoms with Gasteiger partial charge in [-0.1, -0.05) is 12.1 Å². The standard InChI is InChI=1S/C18H29N3O4S.HI/c1-7-19-17(21-12-16(22)25-18(3,4)5)20-11-14-8-9-15(13(2)10-14)26(6,23)24;/h8-10H,7,11-12H2,1-6H3,(H2,19,20,21);1H. The Balaban J connectivity index is 0.00000676. The van der Waals surface area contributed by atoms with Gasteiger partial charge in [0.05, 0.1) is 11.4 Å². The van der Waals surface area contributed by atoms with E-state index in [1.54, 1.807) is 25.1 Å². The zero-order chi connectivity index (χ0) is 20.0. The van der Waals surface area contributed by atoms with Crippen LogP contribution < -0.4 is 10.6 Å². The Morgan fingerprint density at radius 3 is 2.33 bits per heavy atom. The normalized spacial score (nSPS) is 12.1. The summed E-state index contributed by atoms with van der Waals surface area (Å²) in [4.78, 5) is 16.5. The molecule has 1 rings (SSSR count). The second-order valence-corrected chi connectivity index (χ2v) is 8.99. The van der Waals surface area contributed by atoms with Crippen molar-refractivity contribution in [3.63, 3.8) is 0 Å². The van der Waals surface area contributed by atoms with Gasteiger partial charge in [0.2, 0.25) is 0 Å². The molecule has 0 aliphatic carbocycles. The number of nitrogens with one attached hydrogen (secondary N) is 2. The quantitative estimate of drug-likeness (QED) is 0.264. The third-order valence-electron chi connectivity index (χ3n) is 3.22. The van der Waals surface area contributed by atoms with Crippen molar-refractivity contribution in [3.8, 4) is 0 Å². The molecule has 0 saturated carbocycles. The summed E-state index contributed by atoms with van der Waals surface area (Å²) in [6.07, 6.45) is 1.19. The molecule has 0 unspecified atom stereocenters. The van der Waals surface area contributed by atoms with Crippen LogP contribution >= 0.6 is 24.0 Å². The molecule has 0 aliphatic heterocycles. The number of ether oxygens (including phenoxy) is 1. The van der Waals surface area contributed by atoms with Crippen LogP contribution in [0.1, 0.15) is 38.8 Å². The third kappa shape index (κ3) is 9.94. The predicted molar refractivity (Wildman–Crippen MR) is 118 cm³/mol. The molecule has 2 N–H and O–H groups in total. The maximum absolute atomic E-state index is 11.8. The highest BCUT2D eigenvalue weighted by atomic mass is 127. The summed E-state index contributed by atoms with van der Waals surface area (Å²) in [7, 11) is -3.24. The van der Waals surface area contributed by atoms with Crippen molar-refractivity contribution < 1.29 is 17.9 Å². The molecule has 0 atom stereocenters. The summed E-state index contributed by atoms with van der Waals surface area (Å²) in [6, 6.07) is 5.14. The molecule has 7 nitrogen and oxygen atoms in total. The maximum Gasteiger partial charge on any atom is 0.325 e. The van der Waals surface area contributed by atoms with Gasteiger partial charge in [-0.3, -0.25) is 4.79 Å². The maximum atomic E-state index is 11.8. The number of esters is 1. The van der Waals surface area contributed by atoms with Crippen LogP contribution in [0.2, 0.25) is 0 Å². The topological polar surface area (TPSA) is 96.9 Å². The molecule has 0 aliphatic rings. The number of aryl methyl sites for hydroxylation is 1. The number of sulfone groups is 1. The molecule has 1 aromatic rings. The minimum atomic E-state index is -3.24. The summed E-state index contributed by atoms with van der Waals surface area (Å²) in [5, 5.41) is 5.99. The van der Waals surface area contributed by atoms with Crippen LogP contribution in [0.4, 0.5) is 0 Å². The van der Waals surface area contributed by atoms with Crippen LogP contribution in [0.25, 0.3) is 0 Å². The highest BCUT2D eigenvalue weighted by Crippen LogP contribution is 2.17. The van der Waals surface area contributed by atoms with Crippen molar-refractivity contribution >= 4 is 45.7 Å². The number of aliphatic imine (C=N–C) groups is 1. The van der Waals surface area contributed by atoms with E-state index in [-0.39, 0.29) is 36.5 Å². The van der Waals surface area contributed by atoms with Gasteiger partial charge in [-0.2, -0.15) is 0 Å². The molecule has 1 aromatic carbocycles. The highest BCUT2D eigenvalue weighted by molar-refractivity contribution is 14.0. The lowest BCUT2D eigenvalue weighted by atomic mass is 10.1. The average Bonchev–Trinajstić information content (AvgIpc) is 2.47. The fraction of sp³-hybridized carbons (Fsp3) is 0.556. The Bertz CT molecular complexity index is 771. The minimum absolute atomic E-state index is 0. The number of carbonyl (C=O) groups excluding carboxylic acids is 1. The zero-order valence-corrected chi connectivity index (χ0v) is 19.9. The molecule has 9 heteroatoms. The fourth-order valence-corrected chi connectivity index (χ4v) is 3.23. The number of hydrogen-bond acceptors (Lipinski definition) is 5. The first-order valence-corrected chi connectivity index (χ1v) is 10.3. The second-order valence-electron chi connectivity index (χ2n) is 7.01. The van der Waals surface area contributed by atoms with Crippen LogP contribution in [-0.4, -0.2) is 45.3 Å². The van der Waals surface area contributed by atoms with Gasteiger partial charge in [0.25, 0.3) is 0 Å². The molecule has 0 aromatic heterocycles. The van der Waals surface area contributed by atoms with E-state index < -0.39 is 15.4 Å². The first-order valence-electron chi connectivity index (χ1n) is 8.46. The van der Waals surface area contributed by atoms with Crippen molar-refractivity contribution in [3.05, 3.63) is 29.3 Å². The van der Waals surface area contributed by atoms with E-state index in [0.717, 1.165) is 5.56 Å². The summed E-state index contributed by atoms with van der Waals surface area (Å²) in [6.45, 7) is 10.1. The minimum Gasteiger partial charge on any atom is -0.459 e. The van der Waals surface area contributed by atoms with E-state index in [1.807, 2.05) is 27.7 Å². The van der Waals surface area contributed by atoms with E-state index in [9.17, 15) is 13.2 Å². The van der Waals surface area contributed by atoms with Crippen LogP contribution in [0.3, 0.4) is 0 Å². The number of guanidine groups is 1. The SMILES string of the molecule is CCNC(=NCc1ccc(S(C)(=O)=O)c(C)c1)NCC(=O)OC(C)(C)C.I. The monoisotopic (exact) mass is 511 g/mol. The molecule has 27 heavy (non-hydrogen) atoms. The van der Waals surface area contributed by atoms with Crippen LogP contribution in [0.15, 0.2) is 28.1 Å². The van der Waals surface area contributed by atoms with Gasteiger partial charge < -0.3 is 15.4 Å². The molecule has 0 saturated heterocycles. The Morgan fingerprint density at radius 2 is 1.85 bits per heavy atom. The largest absolute Gasteiger partial charge is 0.459 e. The van der Waals surface area contributed by atoms with Crippen LogP contribution in [-0.2, 0) is 25.9 Å². The molecule has 0 amide bonds. The van der Waals surface area contributed by atoms with Gasteiger partial charge in [0.15, 0.2) is 15.8 Å². The molecule has 0 heterocycles. The van der Waals surface area contributed by atoms with Gasteiger partial charge in [0.1, 0.15) is 12.1 Å². The Labute approximate surface area is 179 Å². The first-order chi connectivity index (χ1) is 11.9. The van der Waals surface area contributed by atoms with E-state index in [4.69, 9.17) is 4.74 Å². The number of benzene rings is 1. The van der Waals surface area contributed by atoms with Gasteiger partial charge in [-0.25, -0.2) is 13.4 Å². The molecule has 154 valence electrons. The lowest BCUT2D eigenvalue weighted by Crippen LogP contribution is -2.41. The van der Waals surface area contributed by atoms with E-state index in [1.165, 1.54) is 6.26 Å². The van der Waals surface area contributed by atoms with Crippen molar-refractivity contribution in [1.29, 1.82) is 0 Å². The fourth-order valence-electron chi connectivity index (χ4n) is 2.27. The summed E-state index contributed by atoms with van der Waals surface area (Å²) < 4.78 is 28.6. The summed E-state index contributed by atoms with van der Waals surface area (Å²) >= 11 is 0. The van der Waals surface area contributed by atoms with E-state index >= 15 is 0 Å². The predicted octanol–water partition coefficient (Wildman–Crippen LogP) is 2.41. The lowest BCUT2D eigenvalue weighted by Gasteiger charge is -2.20. The summed E-state index contributed by atoms with van der Waals surface area (Å²) in [5.41, 5.74) is 1.03. The average molecular weight is 511 g/mol. The Hall–Kier alpha value is -1.36. The van der Waals surface area contributed by atoms with Crippen molar-refractivity contribution in [2.45, 2.75) is 51.7 Å². The molecule has 0 fully saturated rings. The van der Waals surface area contributed by atoms with Crippen molar-refractivity contribution in [1.82, 2.24) is 10.6 Å². The Morgan fingerprint density at radius 1 is 1.22 bits per heavy atom. The molecule has 0 spiro atoms. The van der Waals surface area contributed by atoms with Crippen molar-refractivity contribution in [2.24, 2.45) is 4.99 Å². The molecular weight excluding hydrogens is 481 g/mol. The number of rotatable bonds is 6. The highest BCUT2D eigenvalue weighted by Gasteiger charge is 2.16. The molecule has 0 radical (unpaired) electrons. The van der Waals surface area contributed by atoms with Crippen molar-refractivity contribution in [2.75, 3.05) is 19.3 Å². The molecule has 0 bridgehead atoms. The van der Waals surface area contributed by atoms with Gasteiger partial charge in [0, 0.05) is 12.8 Å². The van der Waals surface area contributed by atoms with Crippen LogP contribution in [0, 0.1) is 6.92 Å². The smallest absolute Gasteiger partial charge is 0.325 e. The zero-order valence-electron chi connectivity index (χ0n) is 16.8. The first kappa shape index (κ1) is 25.6. The number of nitrogens with zero attached hydrogens (tertiary/aromatic N) is 1. The third-order valence-corrected chi connectivity index (χ3v) is 4.48. The van der Waals surface area contributed by atoms with Gasteiger partial charge in [-0.15, -0.1) is 24.0 Å². The summed E-state index contributed by atoms with van der Waals surface area (Å²) in [5.74, 6) is 0.125. The van der Waals surface area contributed by atoms with E-state index in [2.05, 4.69) is 15.6 Å². The second kappa shape index (κ2) is 10.8.